The zero-order valence-electron chi connectivity index (χ0n) is 10.6. The van der Waals surface area contributed by atoms with E-state index >= 15 is 0 Å². The smallest absolute Gasteiger partial charge is 0.337 e. The molecule has 0 unspecified atom stereocenters. The maximum Gasteiger partial charge on any atom is 0.337 e. The van der Waals surface area contributed by atoms with Gasteiger partial charge in [-0.3, -0.25) is 4.79 Å². The van der Waals surface area contributed by atoms with Gasteiger partial charge in [-0.15, -0.1) is 0 Å². The zero-order valence-corrected chi connectivity index (χ0v) is 11.3. The number of hydrogen-bond donors (Lipinski definition) is 2. The number of aromatic carboxylic acids is 1. The molecule has 1 aromatic carbocycles. The monoisotopic (exact) mass is 269 g/mol. The molecule has 0 aliphatic heterocycles. The molecule has 0 spiro atoms. The molecule has 0 aliphatic rings. The molecule has 0 saturated carbocycles. The summed E-state index contributed by atoms with van der Waals surface area (Å²) in [6, 6.07) is 4.35. The van der Waals surface area contributed by atoms with Gasteiger partial charge in [-0.1, -0.05) is 32.4 Å². The summed E-state index contributed by atoms with van der Waals surface area (Å²) < 4.78 is 0. The van der Waals surface area contributed by atoms with Gasteiger partial charge in [0.1, 0.15) is 0 Å². The van der Waals surface area contributed by atoms with Crippen molar-refractivity contribution in [1.29, 1.82) is 0 Å². The summed E-state index contributed by atoms with van der Waals surface area (Å²) in [5.74, 6) is -1.34. The van der Waals surface area contributed by atoms with Crippen LogP contribution < -0.4 is 5.32 Å². The van der Waals surface area contributed by atoms with E-state index in [-0.39, 0.29) is 22.6 Å². The van der Waals surface area contributed by atoms with Gasteiger partial charge in [-0.2, -0.15) is 0 Å². The first-order valence-corrected chi connectivity index (χ1v) is 5.89. The number of halogens is 1. The van der Waals surface area contributed by atoms with Gasteiger partial charge in [0.2, 0.25) is 5.91 Å². The van der Waals surface area contributed by atoms with Crippen molar-refractivity contribution in [2.45, 2.75) is 27.2 Å². The Hall–Kier alpha value is -1.55. The van der Waals surface area contributed by atoms with Crippen molar-refractivity contribution in [3.05, 3.63) is 28.8 Å². The molecule has 1 amide bonds. The van der Waals surface area contributed by atoms with E-state index in [2.05, 4.69) is 5.32 Å². The molecule has 4 nitrogen and oxygen atoms in total. The van der Waals surface area contributed by atoms with E-state index < -0.39 is 5.97 Å². The maximum atomic E-state index is 11.8. The highest BCUT2D eigenvalue weighted by Gasteiger charge is 2.18. The summed E-state index contributed by atoms with van der Waals surface area (Å²) >= 11 is 5.73. The van der Waals surface area contributed by atoms with Crippen molar-refractivity contribution >= 4 is 29.2 Å². The van der Waals surface area contributed by atoms with Gasteiger partial charge >= 0.3 is 5.97 Å². The van der Waals surface area contributed by atoms with E-state index in [1.54, 1.807) is 6.07 Å². The molecule has 0 aliphatic carbocycles. The number of hydrogen-bond acceptors (Lipinski definition) is 2. The summed E-state index contributed by atoms with van der Waals surface area (Å²) in [5, 5.41) is 11.9. The molecule has 2 N–H and O–H groups in total. The van der Waals surface area contributed by atoms with Crippen LogP contribution in [0, 0.1) is 5.41 Å². The van der Waals surface area contributed by atoms with Crippen molar-refractivity contribution < 1.29 is 14.7 Å². The van der Waals surface area contributed by atoms with Gasteiger partial charge in [0.25, 0.3) is 0 Å². The Morgan fingerprint density at radius 3 is 2.44 bits per heavy atom. The minimum absolute atomic E-state index is 0.00948. The fraction of sp³-hybridized carbons (Fsp3) is 0.385. The Bertz CT molecular complexity index is 478. The number of nitrogens with one attached hydrogen (secondary N) is 1. The molecule has 0 aromatic heterocycles. The molecule has 0 radical (unpaired) electrons. The molecule has 18 heavy (non-hydrogen) atoms. The van der Waals surface area contributed by atoms with Crippen LogP contribution in [0.2, 0.25) is 5.02 Å². The highest BCUT2D eigenvalue weighted by molar-refractivity contribution is 6.31. The van der Waals surface area contributed by atoms with E-state index in [1.165, 1.54) is 12.1 Å². The fourth-order valence-corrected chi connectivity index (χ4v) is 1.65. The predicted molar refractivity (Wildman–Crippen MR) is 71.1 cm³/mol. The average molecular weight is 270 g/mol. The molecule has 5 heteroatoms. The zero-order chi connectivity index (χ0) is 13.9. The van der Waals surface area contributed by atoms with E-state index in [4.69, 9.17) is 16.7 Å². The van der Waals surface area contributed by atoms with Crippen molar-refractivity contribution in [2.75, 3.05) is 5.32 Å². The Labute approximate surface area is 111 Å². The van der Waals surface area contributed by atoms with Crippen LogP contribution in [-0.4, -0.2) is 17.0 Å². The van der Waals surface area contributed by atoms with Gasteiger partial charge in [-0.05, 0) is 23.6 Å². The van der Waals surface area contributed by atoms with Crippen LogP contribution in [0.15, 0.2) is 18.2 Å². The number of carboxylic acids is 1. The quantitative estimate of drug-likeness (QED) is 0.884. The fourth-order valence-electron chi connectivity index (χ4n) is 1.48. The molecule has 0 fully saturated rings. The predicted octanol–water partition coefficient (Wildman–Crippen LogP) is 3.41. The van der Waals surface area contributed by atoms with Crippen LogP contribution in [0.4, 0.5) is 5.69 Å². The number of carbonyl (C=O) groups is 2. The lowest BCUT2D eigenvalue weighted by Gasteiger charge is -2.17. The second-order valence-corrected chi connectivity index (χ2v) is 5.72. The van der Waals surface area contributed by atoms with Gasteiger partial charge in [-0.25, -0.2) is 4.79 Å². The van der Waals surface area contributed by atoms with Crippen LogP contribution in [0.5, 0.6) is 0 Å². The van der Waals surface area contributed by atoms with E-state index in [0.29, 0.717) is 11.4 Å². The SMILES string of the molecule is CC(C)(C)CC(=O)Nc1ccc(Cl)cc1C(=O)O. The van der Waals surface area contributed by atoms with Crippen molar-refractivity contribution in [3.8, 4) is 0 Å². The van der Waals surface area contributed by atoms with Crippen LogP contribution in [0.3, 0.4) is 0 Å². The van der Waals surface area contributed by atoms with Gasteiger partial charge in [0.05, 0.1) is 11.3 Å². The standard InChI is InChI=1S/C13H16ClNO3/c1-13(2,3)7-11(16)15-10-5-4-8(14)6-9(10)12(17)18/h4-6H,7H2,1-3H3,(H,15,16)(H,17,18). The number of rotatable bonds is 3. The molecule has 0 atom stereocenters. The van der Waals surface area contributed by atoms with Crippen LogP contribution >= 0.6 is 11.6 Å². The van der Waals surface area contributed by atoms with Crippen LogP contribution in [0.25, 0.3) is 0 Å². The summed E-state index contributed by atoms with van der Waals surface area (Å²) in [4.78, 5) is 22.8. The lowest BCUT2D eigenvalue weighted by Crippen LogP contribution is -2.20. The summed E-state index contributed by atoms with van der Waals surface area (Å²) in [6.45, 7) is 5.81. The topological polar surface area (TPSA) is 66.4 Å². The van der Waals surface area contributed by atoms with Crippen molar-refractivity contribution in [3.63, 3.8) is 0 Å². The third-order valence-corrected chi connectivity index (χ3v) is 2.41. The first-order valence-electron chi connectivity index (χ1n) is 5.52. The molecule has 0 saturated heterocycles. The molecule has 98 valence electrons. The lowest BCUT2D eigenvalue weighted by molar-refractivity contribution is -0.117. The third kappa shape index (κ3) is 4.37. The number of benzene rings is 1. The highest BCUT2D eigenvalue weighted by atomic mass is 35.5. The molecule has 0 heterocycles. The minimum Gasteiger partial charge on any atom is -0.478 e. The first-order chi connectivity index (χ1) is 8.19. The summed E-state index contributed by atoms with van der Waals surface area (Å²) in [7, 11) is 0. The van der Waals surface area contributed by atoms with Crippen LogP contribution in [0.1, 0.15) is 37.6 Å². The van der Waals surface area contributed by atoms with E-state index in [9.17, 15) is 9.59 Å². The summed E-state index contributed by atoms with van der Waals surface area (Å²) in [6.07, 6.45) is 0.314. The number of carbonyl (C=O) groups excluding carboxylic acids is 1. The molecule has 1 aromatic rings. The minimum atomic E-state index is -1.12. The van der Waals surface area contributed by atoms with Gasteiger partial charge in [0.15, 0.2) is 0 Å². The normalized spacial score (nSPS) is 11.1. The van der Waals surface area contributed by atoms with Crippen molar-refractivity contribution in [2.24, 2.45) is 5.41 Å². The van der Waals surface area contributed by atoms with Gasteiger partial charge in [0, 0.05) is 11.4 Å². The lowest BCUT2D eigenvalue weighted by atomic mass is 9.92. The Morgan fingerprint density at radius 2 is 1.94 bits per heavy atom. The van der Waals surface area contributed by atoms with Gasteiger partial charge < -0.3 is 10.4 Å². The highest BCUT2D eigenvalue weighted by Crippen LogP contribution is 2.23. The second kappa shape index (κ2) is 5.40. The Balaban J connectivity index is 2.91. The first kappa shape index (κ1) is 14.5. The maximum absolute atomic E-state index is 11.8. The molecular formula is C13H16ClNO3. The molecular weight excluding hydrogens is 254 g/mol. The van der Waals surface area contributed by atoms with E-state index in [0.717, 1.165) is 0 Å². The molecule has 0 bridgehead atoms. The largest absolute Gasteiger partial charge is 0.478 e. The second-order valence-electron chi connectivity index (χ2n) is 5.28. The van der Waals surface area contributed by atoms with Crippen LogP contribution in [-0.2, 0) is 4.79 Å². The number of amides is 1. The Morgan fingerprint density at radius 1 is 1.33 bits per heavy atom. The Kier molecular flexibility index (Phi) is 4.35. The molecule has 1 rings (SSSR count). The number of carboxylic acid groups (broad SMARTS) is 1. The average Bonchev–Trinajstić information content (AvgIpc) is 2.17. The summed E-state index contributed by atoms with van der Waals surface area (Å²) in [5.41, 5.74) is 0.103. The van der Waals surface area contributed by atoms with E-state index in [1.807, 2.05) is 20.8 Å². The number of anilines is 1. The third-order valence-electron chi connectivity index (χ3n) is 2.18. The van der Waals surface area contributed by atoms with Crippen molar-refractivity contribution in [1.82, 2.24) is 0 Å².